The third kappa shape index (κ3) is 5.11. The Morgan fingerprint density at radius 2 is 2.00 bits per heavy atom. The maximum absolute atomic E-state index is 12.4. The molecule has 6 nitrogen and oxygen atoms in total. The molecule has 0 bridgehead atoms. The molecule has 1 N–H and O–H groups in total. The van der Waals surface area contributed by atoms with Gasteiger partial charge in [0.2, 0.25) is 0 Å². The fraction of sp³-hybridized carbons (Fsp3) is 0.545. The van der Waals surface area contributed by atoms with Crippen molar-refractivity contribution in [2.45, 2.75) is 57.2 Å². The van der Waals surface area contributed by atoms with E-state index in [4.69, 9.17) is 16.3 Å². The molecule has 1 aromatic carbocycles. The Kier molecular flexibility index (Phi) is 6.40. The van der Waals surface area contributed by atoms with E-state index in [-0.39, 0.29) is 12.0 Å². The molecule has 0 atom stereocenters. The number of carbonyl (C=O) groups excluding carboxylic acids is 1. The van der Waals surface area contributed by atoms with Crippen LogP contribution in [0.1, 0.15) is 54.7 Å². The molecule has 0 radical (unpaired) electrons. The molecule has 4 rings (SSSR count). The van der Waals surface area contributed by atoms with Crippen LogP contribution < -0.4 is 10.1 Å². The third-order valence-electron chi connectivity index (χ3n) is 6.00. The molecule has 0 unspecified atom stereocenters. The second-order valence-corrected chi connectivity index (χ2v) is 8.55. The number of ether oxygens (including phenoxy) is 1. The number of benzene rings is 1. The highest BCUT2D eigenvalue weighted by molar-refractivity contribution is 6.32. The lowest BCUT2D eigenvalue weighted by atomic mass is 10.1. The average Bonchev–Trinajstić information content (AvgIpc) is 3.37. The van der Waals surface area contributed by atoms with Gasteiger partial charge in [-0.25, -0.2) is 4.98 Å². The van der Waals surface area contributed by atoms with Gasteiger partial charge in [0, 0.05) is 44.1 Å². The molecular weight excluding hydrogens is 388 g/mol. The van der Waals surface area contributed by atoms with Crippen molar-refractivity contribution in [3.05, 3.63) is 47.0 Å². The summed E-state index contributed by atoms with van der Waals surface area (Å²) in [5.41, 5.74) is 0.596. The molecule has 1 aromatic heterocycles. The molecule has 2 fully saturated rings. The Labute approximate surface area is 177 Å². The Morgan fingerprint density at radius 1 is 1.24 bits per heavy atom. The minimum Gasteiger partial charge on any atom is -0.489 e. The first-order valence-corrected chi connectivity index (χ1v) is 10.9. The van der Waals surface area contributed by atoms with Crippen LogP contribution in [0.3, 0.4) is 0 Å². The predicted octanol–water partition coefficient (Wildman–Crippen LogP) is 3.79. The van der Waals surface area contributed by atoms with Gasteiger partial charge in [-0.1, -0.05) is 24.4 Å². The van der Waals surface area contributed by atoms with Crippen molar-refractivity contribution in [3.63, 3.8) is 0 Å². The van der Waals surface area contributed by atoms with Crippen LogP contribution in [0.4, 0.5) is 0 Å². The Morgan fingerprint density at radius 3 is 2.66 bits per heavy atom. The van der Waals surface area contributed by atoms with E-state index in [2.05, 4.69) is 19.8 Å². The van der Waals surface area contributed by atoms with E-state index >= 15 is 0 Å². The van der Waals surface area contributed by atoms with Crippen molar-refractivity contribution in [1.29, 1.82) is 0 Å². The number of likely N-dealkylation sites (tertiary alicyclic amines) is 1. The lowest BCUT2D eigenvalue weighted by Crippen LogP contribution is -2.38. The minimum atomic E-state index is -0.0482. The number of hydrogen-bond acceptors (Lipinski definition) is 4. The smallest absolute Gasteiger partial charge is 0.251 e. The van der Waals surface area contributed by atoms with E-state index in [1.807, 2.05) is 31.6 Å². The van der Waals surface area contributed by atoms with Crippen molar-refractivity contribution in [1.82, 2.24) is 19.8 Å². The number of nitrogens with one attached hydrogen (secondary N) is 1. The monoisotopic (exact) mass is 416 g/mol. The van der Waals surface area contributed by atoms with Crippen LogP contribution in [0, 0.1) is 0 Å². The van der Waals surface area contributed by atoms with Gasteiger partial charge >= 0.3 is 0 Å². The summed E-state index contributed by atoms with van der Waals surface area (Å²) in [6, 6.07) is 5.65. The molecule has 0 spiro atoms. The van der Waals surface area contributed by atoms with Crippen molar-refractivity contribution in [2.24, 2.45) is 7.05 Å². The number of halogens is 1. The summed E-state index contributed by atoms with van der Waals surface area (Å²) in [6.07, 6.45) is 10.4. The van der Waals surface area contributed by atoms with Crippen molar-refractivity contribution >= 4 is 17.5 Å². The minimum absolute atomic E-state index is 0.0482. The zero-order chi connectivity index (χ0) is 20.2. The van der Waals surface area contributed by atoms with Crippen molar-refractivity contribution < 1.29 is 9.53 Å². The predicted molar refractivity (Wildman–Crippen MR) is 113 cm³/mol. The average molecular weight is 417 g/mol. The highest BCUT2D eigenvalue weighted by atomic mass is 35.5. The maximum atomic E-state index is 12.4. The first-order valence-electron chi connectivity index (χ1n) is 10.5. The van der Waals surface area contributed by atoms with Gasteiger partial charge in [-0.2, -0.15) is 0 Å². The summed E-state index contributed by atoms with van der Waals surface area (Å²) in [5, 5.41) is 3.60. The summed E-state index contributed by atoms with van der Waals surface area (Å²) >= 11 is 6.42. The van der Waals surface area contributed by atoms with E-state index in [0.29, 0.717) is 22.4 Å². The highest BCUT2D eigenvalue weighted by Gasteiger charge is 2.23. The zero-order valence-electron chi connectivity index (χ0n) is 16.9. The molecular formula is C22H29ClN4O2. The highest BCUT2D eigenvalue weighted by Crippen LogP contribution is 2.29. The number of nitrogens with zero attached hydrogens (tertiary/aromatic N) is 3. The van der Waals surface area contributed by atoms with E-state index in [9.17, 15) is 4.79 Å². The number of imidazole rings is 1. The number of hydrogen-bond donors (Lipinski definition) is 1. The van der Waals surface area contributed by atoms with Crippen LogP contribution in [0.2, 0.25) is 5.02 Å². The van der Waals surface area contributed by atoms with Crippen LogP contribution in [0.15, 0.2) is 30.6 Å². The molecule has 1 amide bonds. The van der Waals surface area contributed by atoms with E-state index in [0.717, 1.165) is 51.1 Å². The van der Waals surface area contributed by atoms with Crippen molar-refractivity contribution in [2.75, 3.05) is 13.1 Å². The summed E-state index contributed by atoms with van der Waals surface area (Å²) in [6.45, 7) is 2.80. The van der Waals surface area contributed by atoms with Gasteiger partial charge in [-0.15, -0.1) is 0 Å². The number of carbonyl (C=O) groups is 1. The number of rotatable bonds is 6. The maximum Gasteiger partial charge on any atom is 0.251 e. The molecule has 2 aliphatic rings. The summed E-state index contributed by atoms with van der Waals surface area (Å²) in [5.74, 6) is 1.69. The fourth-order valence-electron chi connectivity index (χ4n) is 4.19. The molecule has 1 aliphatic heterocycles. The standard InChI is InChI=1S/C22H29ClN4O2/c1-26-13-10-24-21(26)15-27-11-8-18(9-12-27)29-20-7-6-16(14-19(20)23)22(28)25-17-4-2-3-5-17/h6-7,10,13-14,17-18H,2-5,8-9,11-12,15H2,1H3,(H,25,28). The van der Waals surface area contributed by atoms with Crippen LogP contribution >= 0.6 is 11.6 Å². The first kappa shape index (κ1) is 20.2. The summed E-state index contributed by atoms with van der Waals surface area (Å²) < 4.78 is 8.21. The number of aryl methyl sites for hydroxylation is 1. The number of aromatic nitrogens is 2. The molecule has 2 heterocycles. The third-order valence-corrected chi connectivity index (χ3v) is 6.29. The molecule has 1 aliphatic carbocycles. The van der Waals surface area contributed by atoms with Crippen LogP contribution in [0.25, 0.3) is 0 Å². The second kappa shape index (κ2) is 9.18. The van der Waals surface area contributed by atoms with Crippen LogP contribution in [0.5, 0.6) is 5.75 Å². The first-order chi connectivity index (χ1) is 14.1. The number of piperidine rings is 1. The van der Waals surface area contributed by atoms with Crippen molar-refractivity contribution in [3.8, 4) is 5.75 Å². The lowest BCUT2D eigenvalue weighted by Gasteiger charge is -2.32. The van der Waals surface area contributed by atoms with Crippen LogP contribution in [-0.2, 0) is 13.6 Å². The molecule has 1 saturated heterocycles. The van der Waals surface area contributed by atoms with Gasteiger partial charge in [-0.05, 0) is 43.9 Å². The molecule has 156 valence electrons. The normalized spacial score (nSPS) is 18.8. The largest absolute Gasteiger partial charge is 0.489 e. The molecule has 29 heavy (non-hydrogen) atoms. The van der Waals surface area contributed by atoms with Gasteiger partial charge in [0.05, 0.1) is 11.6 Å². The van der Waals surface area contributed by atoms with E-state index in [1.54, 1.807) is 6.07 Å². The molecule has 1 saturated carbocycles. The summed E-state index contributed by atoms with van der Waals surface area (Å²) in [4.78, 5) is 19.2. The SMILES string of the molecule is Cn1ccnc1CN1CCC(Oc2ccc(C(=O)NC3CCCC3)cc2Cl)CC1. The topological polar surface area (TPSA) is 59.4 Å². The van der Waals surface area contributed by atoms with Gasteiger partial charge in [0.25, 0.3) is 5.91 Å². The molecule has 7 heteroatoms. The van der Waals surface area contributed by atoms with Crippen LogP contribution in [-0.4, -0.2) is 45.6 Å². The fourth-order valence-corrected chi connectivity index (χ4v) is 4.42. The Bertz CT molecular complexity index is 839. The second-order valence-electron chi connectivity index (χ2n) is 8.15. The summed E-state index contributed by atoms with van der Waals surface area (Å²) in [7, 11) is 2.03. The Hall–Kier alpha value is -2.05. The van der Waals surface area contributed by atoms with Gasteiger partial charge in [-0.3, -0.25) is 9.69 Å². The number of amides is 1. The zero-order valence-corrected chi connectivity index (χ0v) is 17.7. The molecule has 2 aromatic rings. The van der Waals surface area contributed by atoms with E-state index < -0.39 is 0 Å². The lowest BCUT2D eigenvalue weighted by molar-refractivity contribution is 0.0934. The van der Waals surface area contributed by atoms with Gasteiger partial charge in [0.15, 0.2) is 0 Å². The quantitative estimate of drug-likeness (QED) is 0.778. The van der Waals surface area contributed by atoms with Gasteiger partial charge in [0.1, 0.15) is 17.7 Å². The Balaban J connectivity index is 1.28. The van der Waals surface area contributed by atoms with Gasteiger partial charge < -0.3 is 14.6 Å². The van der Waals surface area contributed by atoms with E-state index in [1.165, 1.54) is 12.8 Å².